The Morgan fingerprint density at radius 3 is 2.63 bits per heavy atom. The van der Waals surface area contributed by atoms with Gasteiger partial charge in [-0.2, -0.15) is 0 Å². The SMILES string of the molecule is COc1ccc(C(=O)C(C)OCC2CO2)cc1OC. The molecule has 1 aromatic rings. The molecule has 1 saturated heterocycles. The normalized spacial score (nSPS) is 18.8. The lowest BCUT2D eigenvalue weighted by Gasteiger charge is -2.13. The Morgan fingerprint density at radius 2 is 2.05 bits per heavy atom. The molecule has 1 heterocycles. The number of Topliss-reactive ketones (excluding diaryl/α,β-unsaturated/α-hetero) is 1. The molecule has 5 nitrogen and oxygen atoms in total. The lowest BCUT2D eigenvalue weighted by atomic mass is 10.1. The van der Waals surface area contributed by atoms with Crippen LogP contribution in [0.5, 0.6) is 11.5 Å². The number of ether oxygens (including phenoxy) is 4. The summed E-state index contributed by atoms with van der Waals surface area (Å²) in [7, 11) is 3.09. The van der Waals surface area contributed by atoms with Crippen LogP contribution in [0.2, 0.25) is 0 Å². The molecule has 0 spiro atoms. The van der Waals surface area contributed by atoms with Crippen molar-refractivity contribution in [2.24, 2.45) is 0 Å². The maximum Gasteiger partial charge on any atom is 0.191 e. The van der Waals surface area contributed by atoms with Gasteiger partial charge in [0.2, 0.25) is 0 Å². The molecular weight excluding hydrogens is 248 g/mol. The van der Waals surface area contributed by atoms with E-state index in [0.717, 1.165) is 6.61 Å². The van der Waals surface area contributed by atoms with Crippen LogP contribution in [0.3, 0.4) is 0 Å². The Hall–Kier alpha value is -1.59. The number of benzene rings is 1. The first-order valence-electron chi connectivity index (χ1n) is 6.15. The second kappa shape index (κ2) is 6.04. The third kappa shape index (κ3) is 3.45. The average Bonchev–Trinajstić information content (AvgIpc) is 3.27. The molecule has 104 valence electrons. The summed E-state index contributed by atoms with van der Waals surface area (Å²) in [5, 5.41) is 0. The van der Waals surface area contributed by atoms with Gasteiger partial charge in [-0.05, 0) is 25.1 Å². The van der Waals surface area contributed by atoms with E-state index in [1.165, 1.54) is 7.11 Å². The molecule has 1 aromatic carbocycles. The predicted octanol–water partition coefficient (Wildman–Crippen LogP) is 1.69. The Morgan fingerprint density at radius 1 is 1.37 bits per heavy atom. The van der Waals surface area contributed by atoms with Gasteiger partial charge in [-0.25, -0.2) is 0 Å². The van der Waals surface area contributed by atoms with E-state index in [1.807, 2.05) is 0 Å². The van der Waals surface area contributed by atoms with Gasteiger partial charge in [0.05, 0.1) is 27.4 Å². The molecule has 0 saturated carbocycles. The lowest BCUT2D eigenvalue weighted by molar-refractivity contribution is 0.0424. The smallest absolute Gasteiger partial charge is 0.191 e. The first-order chi connectivity index (χ1) is 9.15. The molecule has 1 fully saturated rings. The Kier molecular flexibility index (Phi) is 4.39. The van der Waals surface area contributed by atoms with Gasteiger partial charge in [-0.3, -0.25) is 4.79 Å². The second-order valence-electron chi connectivity index (χ2n) is 4.36. The molecule has 19 heavy (non-hydrogen) atoms. The van der Waals surface area contributed by atoms with Crippen molar-refractivity contribution in [1.82, 2.24) is 0 Å². The molecule has 2 atom stereocenters. The fourth-order valence-electron chi connectivity index (χ4n) is 1.72. The highest BCUT2D eigenvalue weighted by molar-refractivity contribution is 5.99. The van der Waals surface area contributed by atoms with Crippen LogP contribution in [0.4, 0.5) is 0 Å². The maximum atomic E-state index is 12.2. The molecule has 2 rings (SSSR count). The van der Waals surface area contributed by atoms with E-state index >= 15 is 0 Å². The molecule has 5 heteroatoms. The minimum atomic E-state index is -0.498. The summed E-state index contributed by atoms with van der Waals surface area (Å²) >= 11 is 0. The first-order valence-corrected chi connectivity index (χ1v) is 6.15. The van der Waals surface area contributed by atoms with E-state index in [0.29, 0.717) is 23.7 Å². The number of carbonyl (C=O) groups excluding carboxylic acids is 1. The van der Waals surface area contributed by atoms with Crippen LogP contribution in [-0.4, -0.2) is 45.4 Å². The standard InChI is InChI=1S/C14H18O5/c1-9(18-7-11-8-19-11)14(15)10-4-5-12(16-2)13(6-10)17-3/h4-6,9,11H,7-8H2,1-3H3. The fourth-order valence-corrected chi connectivity index (χ4v) is 1.72. The van der Waals surface area contributed by atoms with Gasteiger partial charge in [0.15, 0.2) is 17.3 Å². The van der Waals surface area contributed by atoms with Gasteiger partial charge >= 0.3 is 0 Å². The molecule has 0 radical (unpaired) electrons. The van der Waals surface area contributed by atoms with Crippen molar-refractivity contribution in [3.63, 3.8) is 0 Å². The molecule has 2 unspecified atom stereocenters. The lowest BCUT2D eigenvalue weighted by Crippen LogP contribution is -2.23. The highest BCUT2D eigenvalue weighted by Crippen LogP contribution is 2.28. The van der Waals surface area contributed by atoms with Gasteiger partial charge in [0.1, 0.15) is 12.2 Å². The van der Waals surface area contributed by atoms with Crippen LogP contribution in [0.15, 0.2) is 18.2 Å². The molecule has 0 aromatic heterocycles. The van der Waals surface area contributed by atoms with Crippen LogP contribution < -0.4 is 9.47 Å². The third-order valence-electron chi connectivity index (χ3n) is 2.97. The van der Waals surface area contributed by atoms with Crippen molar-refractivity contribution in [2.45, 2.75) is 19.1 Å². The summed E-state index contributed by atoms with van der Waals surface area (Å²) in [5.41, 5.74) is 0.543. The van der Waals surface area contributed by atoms with E-state index in [-0.39, 0.29) is 11.9 Å². The van der Waals surface area contributed by atoms with Crippen LogP contribution >= 0.6 is 0 Å². The molecular formula is C14H18O5. The van der Waals surface area contributed by atoms with Crippen molar-refractivity contribution in [3.05, 3.63) is 23.8 Å². The van der Waals surface area contributed by atoms with E-state index in [2.05, 4.69) is 0 Å². The molecule has 0 amide bonds. The van der Waals surface area contributed by atoms with Gasteiger partial charge in [-0.15, -0.1) is 0 Å². The Balaban J connectivity index is 2.04. The van der Waals surface area contributed by atoms with Crippen LogP contribution in [0.25, 0.3) is 0 Å². The summed E-state index contributed by atoms with van der Waals surface area (Å²) < 4.78 is 20.8. The number of hydrogen-bond acceptors (Lipinski definition) is 5. The number of methoxy groups -OCH3 is 2. The van der Waals surface area contributed by atoms with Crippen LogP contribution in [0.1, 0.15) is 17.3 Å². The van der Waals surface area contributed by atoms with Gasteiger partial charge in [0, 0.05) is 5.56 Å². The summed E-state index contributed by atoms with van der Waals surface area (Å²) in [4.78, 5) is 12.2. The zero-order valence-corrected chi connectivity index (χ0v) is 11.3. The Labute approximate surface area is 112 Å². The molecule has 1 aliphatic rings. The van der Waals surface area contributed by atoms with E-state index in [4.69, 9.17) is 18.9 Å². The number of carbonyl (C=O) groups is 1. The highest BCUT2D eigenvalue weighted by Gasteiger charge is 2.25. The maximum absolute atomic E-state index is 12.2. The molecule has 0 N–H and O–H groups in total. The summed E-state index contributed by atoms with van der Waals surface area (Å²) in [6.45, 7) is 2.92. The summed E-state index contributed by atoms with van der Waals surface area (Å²) in [5.74, 6) is 1.05. The van der Waals surface area contributed by atoms with Crippen LogP contribution in [-0.2, 0) is 9.47 Å². The topological polar surface area (TPSA) is 57.3 Å². The molecule has 0 aliphatic carbocycles. The summed E-state index contributed by atoms with van der Waals surface area (Å²) in [6.07, 6.45) is -0.344. The number of rotatable bonds is 7. The monoisotopic (exact) mass is 266 g/mol. The largest absolute Gasteiger partial charge is 0.493 e. The van der Waals surface area contributed by atoms with Crippen molar-refractivity contribution in [1.29, 1.82) is 0 Å². The third-order valence-corrected chi connectivity index (χ3v) is 2.97. The fraction of sp³-hybridized carbons (Fsp3) is 0.500. The average molecular weight is 266 g/mol. The van der Waals surface area contributed by atoms with E-state index < -0.39 is 6.10 Å². The zero-order valence-electron chi connectivity index (χ0n) is 11.3. The second-order valence-corrected chi connectivity index (χ2v) is 4.36. The van der Waals surface area contributed by atoms with E-state index in [1.54, 1.807) is 32.2 Å². The quantitative estimate of drug-likeness (QED) is 0.555. The number of ketones is 1. The van der Waals surface area contributed by atoms with Crippen molar-refractivity contribution < 1.29 is 23.7 Å². The number of epoxide rings is 1. The van der Waals surface area contributed by atoms with Gasteiger partial charge in [0.25, 0.3) is 0 Å². The minimum Gasteiger partial charge on any atom is -0.493 e. The molecule has 1 aliphatic heterocycles. The van der Waals surface area contributed by atoms with Crippen molar-refractivity contribution in [2.75, 3.05) is 27.4 Å². The van der Waals surface area contributed by atoms with Crippen LogP contribution in [0, 0.1) is 0 Å². The number of hydrogen-bond donors (Lipinski definition) is 0. The van der Waals surface area contributed by atoms with Crippen molar-refractivity contribution >= 4 is 5.78 Å². The molecule has 0 bridgehead atoms. The first kappa shape index (κ1) is 13.8. The summed E-state index contributed by atoms with van der Waals surface area (Å²) in [6, 6.07) is 5.08. The van der Waals surface area contributed by atoms with Gasteiger partial charge < -0.3 is 18.9 Å². The zero-order chi connectivity index (χ0) is 13.8. The van der Waals surface area contributed by atoms with Gasteiger partial charge in [-0.1, -0.05) is 0 Å². The van der Waals surface area contributed by atoms with Crippen molar-refractivity contribution in [3.8, 4) is 11.5 Å². The predicted molar refractivity (Wildman–Crippen MR) is 69.0 cm³/mol. The Bertz CT molecular complexity index is 453. The highest BCUT2D eigenvalue weighted by atomic mass is 16.6. The van der Waals surface area contributed by atoms with E-state index in [9.17, 15) is 4.79 Å². The minimum absolute atomic E-state index is 0.0818.